The van der Waals surface area contributed by atoms with Crippen LogP contribution in [-0.2, 0) is 22.8 Å². The van der Waals surface area contributed by atoms with Crippen LogP contribution in [0.3, 0.4) is 0 Å². The van der Waals surface area contributed by atoms with Gasteiger partial charge in [0.15, 0.2) is 0 Å². The van der Waals surface area contributed by atoms with E-state index in [9.17, 15) is 24.7 Å². The van der Waals surface area contributed by atoms with Gasteiger partial charge in [0, 0.05) is 54.1 Å². The summed E-state index contributed by atoms with van der Waals surface area (Å²) in [5, 5.41) is 36.2. The normalized spacial score (nSPS) is 25.7. The molecule has 0 aromatic heterocycles. The monoisotopic (exact) mass is 814 g/mol. The second kappa shape index (κ2) is 19.7. The van der Waals surface area contributed by atoms with Crippen molar-refractivity contribution in [1.29, 1.82) is 0 Å². The number of non-ortho nitro benzene ring substituents is 1. The molecule has 7 rings (SSSR count). The Kier molecular flexibility index (Phi) is 14.2. The second-order valence-corrected chi connectivity index (χ2v) is 17.4. The number of rotatable bonds is 20. The summed E-state index contributed by atoms with van der Waals surface area (Å²) in [4.78, 5) is 17.0. The fourth-order valence-corrected chi connectivity index (χ4v) is 11.2. The Hall–Kier alpha value is -4.23. The van der Waals surface area contributed by atoms with Crippen LogP contribution in [0.15, 0.2) is 96.2 Å². The fraction of sp³-hybridized carbons (Fsp3) is 0.500. The molecule has 0 spiro atoms. The molecule has 4 aliphatic rings. The van der Waals surface area contributed by atoms with E-state index in [1.165, 1.54) is 31.0 Å². The molecule has 58 heavy (non-hydrogen) atoms. The molecule has 310 valence electrons. The summed E-state index contributed by atoms with van der Waals surface area (Å²) in [7, 11) is 0. The molecule has 0 saturated heterocycles. The molecule has 10 nitrogen and oxygen atoms in total. The van der Waals surface area contributed by atoms with Gasteiger partial charge in [-0.05, 0) is 97.9 Å². The predicted molar refractivity (Wildman–Crippen MR) is 223 cm³/mol. The first kappa shape index (κ1) is 41.9. The van der Waals surface area contributed by atoms with Crippen LogP contribution in [0.4, 0.5) is 10.1 Å². The number of ether oxygens (including phenoxy) is 3. The van der Waals surface area contributed by atoms with E-state index in [-0.39, 0.29) is 73.5 Å². The molecule has 1 aliphatic heterocycles. The molecule has 2 N–H and O–H groups in total. The van der Waals surface area contributed by atoms with Crippen LogP contribution in [0.1, 0.15) is 93.2 Å². The number of aliphatic hydroxyl groups is 2. The Morgan fingerprint density at radius 2 is 1.76 bits per heavy atom. The molecule has 0 amide bonds. The van der Waals surface area contributed by atoms with Crippen molar-refractivity contribution in [3.8, 4) is 11.5 Å². The average Bonchev–Trinajstić information content (AvgIpc) is 3.75. The number of aliphatic hydroxyl groups excluding tert-OH is 2. The number of unbranched alkanes of at least 4 members (excludes halogenated alkanes) is 2. The van der Waals surface area contributed by atoms with Crippen molar-refractivity contribution >= 4 is 23.2 Å². The zero-order valence-electron chi connectivity index (χ0n) is 33.0. The zero-order valence-corrected chi connectivity index (χ0v) is 33.8. The van der Waals surface area contributed by atoms with Gasteiger partial charge in [0.1, 0.15) is 30.5 Å². The molecule has 0 radical (unpaired) electrons. The van der Waals surface area contributed by atoms with E-state index in [0.717, 1.165) is 66.7 Å². The number of nitro groups is 1. The van der Waals surface area contributed by atoms with Gasteiger partial charge in [-0.25, -0.2) is 4.39 Å². The lowest BCUT2D eigenvalue weighted by molar-refractivity contribution is -0.384. The number of benzene rings is 3. The highest BCUT2D eigenvalue weighted by molar-refractivity contribution is 8.00. The molecule has 1 heterocycles. The van der Waals surface area contributed by atoms with Gasteiger partial charge in [-0.1, -0.05) is 61.2 Å². The molecular weight excluding hydrogens is 760 g/mol. The lowest BCUT2D eigenvalue weighted by Crippen LogP contribution is -2.64. The predicted octanol–water partition coefficient (Wildman–Crippen LogP) is 9.82. The Morgan fingerprint density at radius 1 is 1.00 bits per heavy atom. The van der Waals surface area contributed by atoms with Crippen LogP contribution in [0, 0.1) is 33.7 Å². The lowest BCUT2D eigenvalue weighted by atomic mass is 9.56. The Bertz CT molecular complexity index is 1930. The van der Waals surface area contributed by atoms with Crippen molar-refractivity contribution in [2.75, 3.05) is 19.8 Å². The molecule has 3 aromatic rings. The minimum Gasteiger partial charge on any atom is -0.489 e. The summed E-state index contributed by atoms with van der Waals surface area (Å²) < 4.78 is 35.3. The SMILES string of the molecule is C=CCOC12Oc3ccc(OCc4ccccc4F)cc3C3C(CCCCO)C(CCCCO)C=C(C(=NOCc4ccc([N+](=O)[O-])cc4)CC1SC1CCCC1)C32. The second-order valence-electron chi connectivity index (χ2n) is 15.9. The number of halogens is 1. The highest BCUT2D eigenvalue weighted by Gasteiger charge is 2.64. The Labute approximate surface area is 344 Å². The van der Waals surface area contributed by atoms with Crippen molar-refractivity contribution in [3.63, 3.8) is 0 Å². The van der Waals surface area contributed by atoms with E-state index in [1.54, 1.807) is 36.4 Å². The van der Waals surface area contributed by atoms with Crippen LogP contribution in [0.25, 0.3) is 0 Å². The molecule has 12 heteroatoms. The molecule has 2 fully saturated rings. The van der Waals surface area contributed by atoms with Crippen LogP contribution in [0.2, 0.25) is 0 Å². The summed E-state index contributed by atoms with van der Waals surface area (Å²) >= 11 is 1.93. The van der Waals surface area contributed by atoms with E-state index in [1.807, 2.05) is 23.9 Å². The third-order valence-electron chi connectivity index (χ3n) is 12.2. The third kappa shape index (κ3) is 9.30. The van der Waals surface area contributed by atoms with E-state index >= 15 is 0 Å². The molecule has 2 saturated carbocycles. The van der Waals surface area contributed by atoms with E-state index in [4.69, 9.17) is 24.2 Å². The summed E-state index contributed by atoms with van der Waals surface area (Å²) in [6.07, 6.45) is 14.1. The molecule has 6 unspecified atom stereocenters. The molecule has 0 bridgehead atoms. The summed E-state index contributed by atoms with van der Waals surface area (Å²) in [5.74, 6) is -0.180. The maximum absolute atomic E-state index is 14.7. The standard InChI is InChI=1S/C46H55FN2O8S/c1-2-25-55-46-43(58-36-13-4-5-14-36)28-41(48-56-29-31-17-19-34(20-18-31)49(52)53)38-26-32(11-7-9-23-50)37(15-8-10-24-51)44(45(38)46)39-27-35(21-22-42(39)57-46)54-30-33-12-3-6-16-40(33)47/h2-3,6,12,16-22,26-27,32,36-37,43-45,50-51H,1,4-5,7-11,13-15,23-25,28-30H2. The van der Waals surface area contributed by atoms with Gasteiger partial charge in [0.2, 0.25) is 5.79 Å². The van der Waals surface area contributed by atoms with Crippen molar-refractivity contribution < 1.29 is 38.6 Å². The van der Waals surface area contributed by atoms with Crippen LogP contribution >= 0.6 is 11.8 Å². The molecule has 3 aromatic carbocycles. The first-order valence-corrected chi connectivity index (χ1v) is 21.7. The minimum atomic E-state index is -1.07. The number of fused-ring (bicyclic) bond motifs is 2. The zero-order chi connectivity index (χ0) is 40.5. The highest BCUT2D eigenvalue weighted by Crippen LogP contribution is 2.63. The van der Waals surface area contributed by atoms with Gasteiger partial charge in [-0.15, -0.1) is 18.3 Å². The van der Waals surface area contributed by atoms with E-state index < -0.39 is 10.7 Å². The number of allylic oxidation sites excluding steroid dienone is 1. The van der Waals surface area contributed by atoms with Gasteiger partial charge in [-0.3, -0.25) is 10.1 Å². The average molecular weight is 815 g/mol. The van der Waals surface area contributed by atoms with Crippen LogP contribution in [0.5, 0.6) is 11.5 Å². The van der Waals surface area contributed by atoms with Crippen LogP contribution in [-0.4, -0.2) is 57.0 Å². The largest absolute Gasteiger partial charge is 0.489 e. The smallest absolute Gasteiger partial charge is 0.269 e. The van der Waals surface area contributed by atoms with Crippen molar-refractivity contribution in [2.24, 2.45) is 22.9 Å². The summed E-state index contributed by atoms with van der Waals surface area (Å²) in [6, 6.07) is 18.9. The first-order chi connectivity index (χ1) is 28.3. The molecule has 6 atom stereocenters. The van der Waals surface area contributed by atoms with Crippen LogP contribution < -0.4 is 9.47 Å². The summed E-state index contributed by atoms with van der Waals surface area (Å²) in [6.45, 7) is 4.77. The number of nitro benzene ring substituents is 1. The van der Waals surface area contributed by atoms with Gasteiger partial charge >= 0.3 is 0 Å². The number of hydrogen-bond donors (Lipinski definition) is 2. The number of thioether (sulfide) groups is 1. The third-order valence-corrected chi connectivity index (χ3v) is 13.9. The minimum absolute atomic E-state index is 0.0162. The molecule has 3 aliphatic carbocycles. The van der Waals surface area contributed by atoms with Crippen molar-refractivity contribution in [3.05, 3.63) is 124 Å². The maximum Gasteiger partial charge on any atom is 0.269 e. The Morgan fingerprint density at radius 3 is 2.48 bits per heavy atom. The maximum atomic E-state index is 14.7. The fourth-order valence-electron chi connectivity index (χ4n) is 9.47. The number of hydrogen-bond acceptors (Lipinski definition) is 10. The van der Waals surface area contributed by atoms with Crippen molar-refractivity contribution in [2.45, 2.75) is 106 Å². The van der Waals surface area contributed by atoms with Gasteiger partial charge < -0.3 is 29.3 Å². The van der Waals surface area contributed by atoms with E-state index in [2.05, 4.69) is 18.7 Å². The lowest BCUT2D eigenvalue weighted by Gasteiger charge is -2.58. The van der Waals surface area contributed by atoms with E-state index in [0.29, 0.717) is 35.8 Å². The molecular formula is C46H55FN2O8S. The van der Waals surface area contributed by atoms with Gasteiger partial charge in [0.25, 0.3) is 5.69 Å². The highest BCUT2D eigenvalue weighted by atomic mass is 32.2. The topological polar surface area (TPSA) is 133 Å². The number of nitrogens with zero attached hydrogens (tertiary/aromatic N) is 2. The van der Waals surface area contributed by atoms with Gasteiger partial charge in [-0.2, -0.15) is 0 Å². The van der Waals surface area contributed by atoms with Crippen molar-refractivity contribution in [1.82, 2.24) is 0 Å². The Balaban J connectivity index is 1.34. The number of oxime groups is 1. The quantitative estimate of drug-likeness (QED) is 0.0495. The summed E-state index contributed by atoms with van der Waals surface area (Å²) in [5.41, 5.74) is 4.11. The van der Waals surface area contributed by atoms with Gasteiger partial charge in [0.05, 0.1) is 28.4 Å². The first-order valence-electron chi connectivity index (χ1n) is 20.8.